The highest BCUT2D eigenvalue weighted by Gasteiger charge is 2.28. The first kappa shape index (κ1) is 16.8. The van der Waals surface area contributed by atoms with Gasteiger partial charge < -0.3 is 9.09 Å². The van der Waals surface area contributed by atoms with Gasteiger partial charge in [0, 0.05) is 32.6 Å². The Bertz CT molecular complexity index is 1070. The summed E-state index contributed by atoms with van der Waals surface area (Å²) in [5.74, 6) is 1.25. The molecule has 2 atom stereocenters. The summed E-state index contributed by atoms with van der Waals surface area (Å²) in [5.41, 5.74) is 1.24. The second kappa shape index (κ2) is 6.26. The summed E-state index contributed by atoms with van der Waals surface area (Å²) in [7, 11) is 3.45. The molecule has 3 aromatic heterocycles. The fourth-order valence-corrected chi connectivity index (χ4v) is 4.16. The SMILES string of the molecule is Cc1cc(CC2CCCC(n3c(=O)c4c(ncn4C)n(C)c3=O)C2)on1. The van der Waals surface area contributed by atoms with Gasteiger partial charge in [0.25, 0.3) is 5.56 Å². The van der Waals surface area contributed by atoms with Crippen molar-refractivity contribution in [2.24, 2.45) is 20.0 Å². The van der Waals surface area contributed by atoms with Crippen LogP contribution in [0.4, 0.5) is 0 Å². The molecule has 0 aliphatic heterocycles. The monoisotopic (exact) mass is 357 g/mol. The Kier molecular flexibility index (Phi) is 4.05. The summed E-state index contributed by atoms with van der Waals surface area (Å²) >= 11 is 0. The molecule has 3 aromatic rings. The molecule has 0 amide bonds. The van der Waals surface area contributed by atoms with Crippen molar-refractivity contribution in [1.29, 1.82) is 0 Å². The van der Waals surface area contributed by atoms with E-state index in [-0.39, 0.29) is 17.3 Å². The van der Waals surface area contributed by atoms with E-state index in [1.165, 1.54) is 9.13 Å². The molecule has 0 bridgehead atoms. The Hall–Kier alpha value is -2.64. The van der Waals surface area contributed by atoms with E-state index in [1.54, 1.807) is 25.0 Å². The molecule has 4 rings (SSSR count). The molecule has 0 saturated heterocycles. The van der Waals surface area contributed by atoms with Gasteiger partial charge in [-0.2, -0.15) is 0 Å². The molecule has 0 N–H and O–H groups in total. The van der Waals surface area contributed by atoms with E-state index in [4.69, 9.17) is 4.52 Å². The van der Waals surface area contributed by atoms with Crippen LogP contribution in [0.1, 0.15) is 43.2 Å². The largest absolute Gasteiger partial charge is 0.361 e. The number of hydrogen-bond acceptors (Lipinski definition) is 5. The van der Waals surface area contributed by atoms with Crippen LogP contribution in [-0.4, -0.2) is 23.8 Å². The number of aryl methyl sites for hydroxylation is 3. The fraction of sp³-hybridized carbons (Fsp3) is 0.556. The van der Waals surface area contributed by atoms with E-state index in [0.717, 1.165) is 43.6 Å². The summed E-state index contributed by atoms with van der Waals surface area (Å²) < 4.78 is 9.93. The van der Waals surface area contributed by atoms with Crippen LogP contribution in [0.15, 0.2) is 26.5 Å². The molecule has 1 aliphatic carbocycles. The van der Waals surface area contributed by atoms with Crippen molar-refractivity contribution in [2.75, 3.05) is 0 Å². The molecule has 0 radical (unpaired) electrons. The highest BCUT2D eigenvalue weighted by atomic mass is 16.5. The zero-order valence-electron chi connectivity index (χ0n) is 15.3. The van der Waals surface area contributed by atoms with Gasteiger partial charge in [-0.25, -0.2) is 9.78 Å². The molecule has 0 aromatic carbocycles. The summed E-state index contributed by atoms with van der Waals surface area (Å²) in [4.78, 5) is 30.0. The van der Waals surface area contributed by atoms with Crippen molar-refractivity contribution in [3.8, 4) is 0 Å². The van der Waals surface area contributed by atoms with Crippen LogP contribution in [0, 0.1) is 12.8 Å². The lowest BCUT2D eigenvalue weighted by atomic mass is 9.83. The average Bonchev–Trinajstić information content (AvgIpc) is 3.19. The van der Waals surface area contributed by atoms with Crippen molar-refractivity contribution >= 4 is 11.2 Å². The molecule has 2 unspecified atom stereocenters. The van der Waals surface area contributed by atoms with Crippen molar-refractivity contribution in [1.82, 2.24) is 23.8 Å². The minimum Gasteiger partial charge on any atom is -0.361 e. The van der Waals surface area contributed by atoms with Crippen LogP contribution >= 0.6 is 0 Å². The quantitative estimate of drug-likeness (QED) is 0.712. The molecule has 8 nitrogen and oxygen atoms in total. The van der Waals surface area contributed by atoms with Gasteiger partial charge in [0.2, 0.25) is 0 Å². The first-order valence-electron chi connectivity index (χ1n) is 9.00. The number of nitrogens with zero attached hydrogens (tertiary/aromatic N) is 5. The Morgan fingerprint density at radius 1 is 1.27 bits per heavy atom. The molecule has 138 valence electrons. The van der Waals surface area contributed by atoms with Crippen LogP contribution in [0.25, 0.3) is 11.2 Å². The third-order valence-corrected chi connectivity index (χ3v) is 5.44. The number of aromatic nitrogens is 5. The number of rotatable bonds is 3. The maximum Gasteiger partial charge on any atom is 0.332 e. The Balaban J connectivity index is 1.69. The minimum absolute atomic E-state index is 0.0942. The Morgan fingerprint density at radius 2 is 2.08 bits per heavy atom. The zero-order valence-corrected chi connectivity index (χ0v) is 15.3. The van der Waals surface area contributed by atoms with Gasteiger partial charge in [0.05, 0.1) is 12.0 Å². The molecule has 1 fully saturated rings. The lowest BCUT2D eigenvalue weighted by Crippen LogP contribution is -2.43. The van der Waals surface area contributed by atoms with E-state index in [0.29, 0.717) is 17.1 Å². The lowest BCUT2D eigenvalue weighted by molar-refractivity contribution is 0.240. The second-order valence-corrected chi connectivity index (χ2v) is 7.37. The van der Waals surface area contributed by atoms with Crippen molar-refractivity contribution in [3.63, 3.8) is 0 Å². The predicted octanol–water partition coefficient (Wildman–Crippen LogP) is 1.70. The molecular formula is C18H23N5O3. The maximum atomic E-state index is 13.0. The third-order valence-electron chi connectivity index (χ3n) is 5.44. The average molecular weight is 357 g/mol. The Labute approximate surface area is 150 Å². The molecule has 26 heavy (non-hydrogen) atoms. The first-order chi connectivity index (χ1) is 12.5. The molecule has 3 heterocycles. The van der Waals surface area contributed by atoms with Crippen molar-refractivity contribution < 1.29 is 4.52 Å². The normalized spacial score (nSPS) is 20.7. The fourth-order valence-electron chi connectivity index (χ4n) is 4.16. The van der Waals surface area contributed by atoms with E-state index >= 15 is 0 Å². The van der Waals surface area contributed by atoms with Crippen LogP contribution in [-0.2, 0) is 20.5 Å². The first-order valence-corrected chi connectivity index (χ1v) is 9.00. The highest BCUT2D eigenvalue weighted by molar-refractivity contribution is 5.69. The molecule has 8 heteroatoms. The predicted molar refractivity (Wildman–Crippen MR) is 96.2 cm³/mol. The highest BCUT2D eigenvalue weighted by Crippen LogP contribution is 2.33. The molecule has 1 saturated carbocycles. The van der Waals surface area contributed by atoms with Crippen LogP contribution in [0.5, 0.6) is 0 Å². The van der Waals surface area contributed by atoms with Gasteiger partial charge >= 0.3 is 5.69 Å². The zero-order chi connectivity index (χ0) is 18.4. The standard InChI is InChI=1S/C18H23N5O3/c1-11-7-14(26-20-11)9-12-5-4-6-13(8-12)23-17(24)15-16(19-10-21(15)2)22(3)18(23)25/h7,10,12-13H,4-6,8-9H2,1-3H3. The van der Waals surface area contributed by atoms with Crippen LogP contribution in [0.2, 0.25) is 0 Å². The summed E-state index contributed by atoms with van der Waals surface area (Å²) in [6, 6.07) is 1.86. The van der Waals surface area contributed by atoms with E-state index < -0.39 is 0 Å². The molecular weight excluding hydrogens is 334 g/mol. The maximum absolute atomic E-state index is 13.0. The van der Waals surface area contributed by atoms with Crippen molar-refractivity contribution in [3.05, 3.63) is 44.7 Å². The summed E-state index contributed by atoms with van der Waals surface area (Å²) in [6.45, 7) is 1.91. The van der Waals surface area contributed by atoms with Crippen LogP contribution in [0.3, 0.4) is 0 Å². The van der Waals surface area contributed by atoms with E-state index in [2.05, 4.69) is 10.1 Å². The van der Waals surface area contributed by atoms with Gasteiger partial charge in [-0.05, 0) is 32.1 Å². The molecule has 1 aliphatic rings. The van der Waals surface area contributed by atoms with Gasteiger partial charge in [-0.3, -0.25) is 13.9 Å². The minimum atomic E-state index is -0.289. The number of imidazole rings is 1. The third kappa shape index (κ3) is 2.69. The number of hydrogen-bond donors (Lipinski definition) is 0. The van der Waals surface area contributed by atoms with Gasteiger partial charge in [0.15, 0.2) is 11.2 Å². The van der Waals surface area contributed by atoms with Gasteiger partial charge in [-0.1, -0.05) is 11.6 Å². The van der Waals surface area contributed by atoms with Gasteiger partial charge in [-0.15, -0.1) is 0 Å². The van der Waals surface area contributed by atoms with E-state index in [9.17, 15) is 9.59 Å². The topological polar surface area (TPSA) is 87.9 Å². The molecule has 0 spiro atoms. The summed E-state index contributed by atoms with van der Waals surface area (Å²) in [5, 5.41) is 3.94. The Morgan fingerprint density at radius 3 is 2.81 bits per heavy atom. The summed E-state index contributed by atoms with van der Waals surface area (Å²) in [6.07, 6.45) is 6.05. The smallest absolute Gasteiger partial charge is 0.332 e. The van der Waals surface area contributed by atoms with E-state index in [1.807, 2.05) is 13.0 Å². The lowest BCUT2D eigenvalue weighted by Gasteiger charge is -2.29. The van der Waals surface area contributed by atoms with Crippen LogP contribution < -0.4 is 11.2 Å². The van der Waals surface area contributed by atoms with Crippen molar-refractivity contribution in [2.45, 2.75) is 45.1 Å². The number of fused-ring (bicyclic) bond motifs is 1. The second-order valence-electron chi connectivity index (χ2n) is 7.37. The van der Waals surface area contributed by atoms with Gasteiger partial charge in [0.1, 0.15) is 5.76 Å².